The second-order valence-corrected chi connectivity index (χ2v) is 8.41. The van der Waals surface area contributed by atoms with Crippen molar-refractivity contribution in [2.24, 2.45) is 0 Å². The van der Waals surface area contributed by atoms with Gasteiger partial charge in [-0.15, -0.1) is 0 Å². The third kappa shape index (κ3) is 5.39. The Morgan fingerprint density at radius 1 is 0.972 bits per heavy atom. The number of aromatic nitrogens is 4. The van der Waals surface area contributed by atoms with Crippen molar-refractivity contribution in [3.05, 3.63) is 77.2 Å². The zero-order chi connectivity index (χ0) is 25.1. The number of rotatable bonds is 7. The molecule has 0 atom stereocenters. The number of para-hydroxylation sites is 2. The second-order valence-electron chi connectivity index (χ2n) is 8.41. The van der Waals surface area contributed by atoms with E-state index in [9.17, 15) is 18.0 Å². The fourth-order valence-corrected chi connectivity index (χ4v) is 4.04. The maximum absolute atomic E-state index is 13.5. The first-order valence-electron chi connectivity index (χ1n) is 11.4. The summed E-state index contributed by atoms with van der Waals surface area (Å²) in [6, 6.07) is 14.1. The lowest BCUT2D eigenvalue weighted by Crippen LogP contribution is -2.35. The summed E-state index contributed by atoms with van der Waals surface area (Å²) in [4.78, 5) is 22.5. The summed E-state index contributed by atoms with van der Waals surface area (Å²) in [5.41, 5.74) is 2.52. The third-order valence-electron chi connectivity index (χ3n) is 5.86. The van der Waals surface area contributed by atoms with Crippen LogP contribution in [0.2, 0.25) is 0 Å². The van der Waals surface area contributed by atoms with Crippen molar-refractivity contribution in [1.82, 2.24) is 29.9 Å². The molecular formula is C24H23F3N6O3. The highest BCUT2D eigenvalue weighted by atomic mass is 19.4. The zero-order valence-electron chi connectivity index (χ0n) is 19.2. The molecule has 0 spiro atoms. The van der Waals surface area contributed by atoms with Crippen molar-refractivity contribution >= 4 is 16.9 Å². The van der Waals surface area contributed by atoms with E-state index in [-0.39, 0.29) is 35.8 Å². The minimum absolute atomic E-state index is 0.0683. The molecule has 9 nitrogen and oxygen atoms in total. The molecule has 3 heterocycles. The fraction of sp³-hybridized carbons (Fsp3) is 0.333. The van der Waals surface area contributed by atoms with Crippen LogP contribution in [0.4, 0.5) is 13.2 Å². The molecule has 1 saturated heterocycles. The molecule has 0 bridgehead atoms. The number of halogens is 3. The van der Waals surface area contributed by atoms with Gasteiger partial charge in [-0.3, -0.25) is 9.69 Å². The van der Waals surface area contributed by atoms with Crippen LogP contribution >= 0.6 is 0 Å². The Kier molecular flexibility index (Phi) is 6.70. The minimum atomic E-state index is -4.67. The summed E-state index contributed by atoms with van der Waals surface area (Å²) < 4.78 is 51.8. The molecule has 4 aromatic rings. The van der Waals surface area contributed by atoms with Crippen LogP contribution < -0.4 is 5.32 Å². The molecule has 5 rings (SSSR count). The number of imidazole rings is 1. The predicted octanol–water partition coefficient (Wildman–Crippen LogP) is 3.25. The average Bonchev–Trinajstić information content (AvgIpc) is 3.50. The molecule has 0 aliphatic carbocycles. The Bertz CT molecular complexity index is 1340. The van der Waals surface area contributed by atoms with Crippen LogP contribution in [0.15, 0.2) is 53.1 Å². The van der Waals surface area contributed by atoms with Crippen LogP contribution in [0.25, 0.3) is 11.0 Å². The van der Waals surface area contributed by atoms with Crippen molar-refractivity contribution in [2.45, 2.75) is 25.8 Å². The number of morpholine rings is 1. The van der Waals surface area contributed by atoms with E-state index in [0.29, 0.717) is 0 Å². The summed E-state index contributed by atoms with van der Waals surface area (Å²) in [6.45, 7) is 4.00. The molecule has 1 fully saturated rings. The molecule has 0 saturated carbocycles. The van der Waals surface area contributed by atoms with Gasteiger partial charge in [0.2, 0.25) is 5.82 Å². The van der Waals surface area contributed by atoms with E-state index in [0.717, 1.165) is 43.0 Å². The normalized spacial score (nSPS) is 14.9. The van der Waals surface area contributed by atoms with Gasteiger partial charge in [0.05, 0.1) is 30.8 Å². The number of amides is 1. The summed E-state index contributed by atoms with van der Waals surface area (Å²) in [5.74, 6) is -2.08. The van der Waals surface area contributed by atoms with Crippen LogP contribution in [0.1, 0.15) is 33.5 Å². The SMILES string of the molecule is O=C(NCc1ccc(CN2CCOCC2)cc1)c1nc(Cn2c(C(F)(F)F)nc3ccccc32)no1. The summed E-state index contributed by atoms with van der Waals surface area (Å²) >= 11 is 0. The lowest BCUT2D eigenvalue weighted by Gasteiger charge is -2.26. The number of hydrogen-bond donors (Lipinski definition) is 1. The Balaban J connectivity index is 1.21. The van der Waals surface area contributed by atoms with Gasteiger partial charge >= 0.3 is 18.0 Å². The number of benzene rings is 2. The van der Waals surface area contributed by atoms with Crippen LogP contribution in [0.3, 0.4) is 0 Å². The highest BCUT2D eigenvalue weighted by Gasteiger charge is 2.38. The van der Waals surface area contributed by atoms with Crippen LogP contribution in [-0.2, 0) is 30.5 Å². The maximum atomic E-state index is 13.5. The van der Waals surface area contributed by atoms with E-state index in [1.165, 1.54) is 17.7 Å². The molecule has 0 radical (unpaired) electrons. The molecule has 0 unspecified atom stereocenters. The van der Waals surface area contributed by atoms with Crippen molar-refractivity contribution in [1.29, 1.82) is 0 Å². The topological polar surface area (TPSA) is 98.3 Å². The number of carbonyl (C=O) groups excluding carboxylic acids is 1. The number of ether oxygens (including phenoxy) is 1. The highest BCUT2D eigenvalue weighted by molar-refractivity contribution is 5.89. The van der Waals surface area contributed by atoms with Gasteiger partial charge in [-0.25, -0.2) is 4.98 Å². The highest BCUT2D eigenvalue weighted by Crippen LogP contribution is 2.31. The number of alkyl halides is 3. The summed E-state index contributed by atoms with van der Waals surface area (Å²) in [7, 11) is 0. The number of fused-ring (bicyclic) bond motifs is 1. The largest absolute Gasteiger partial charge is 0.449 e. The van der Waals surface area contributed by atoms with Gasteiger partial charge in [-0.05, 0) is 23.3 Å². The first-order valence-corrected chi connectivity index (χ1v) is 11.4. The van der Waals surface area contributed by atoms with Crippen LogP contribution in [0.5, 0.6) is 0 Å². The van der Waals surface area contributed by atoms with E-state index in [4.69, 9.17) is 9.26 Å². The fourth-order valence-electron chi connectivity index (χ4n) is 4.04. The Hall–Kier alpha value is -3.77. The van der Waals surface area contributed by atoms with E-state index in [1.807, 2.05) is 24.3 Å². The molecule has 1 N–H and O–H groups in total. The quantitative estimate of drug-likeness (QED) is 0.416. The summed E-state index contributed by atoms with van der Waals surface area (Å²) in [6.07, 6.45) is -4.67. The average molecular weight is 500 g/mol. The van der Waals surface area contributed by atoms with E-state index < -0.39 is 17.9 Å². The van der Waals surface area contributed by atoms with Gasteiger partial charge in [0.25, 0.3) is 0 Å². The lowest BCUT2D eigenvalue weighted by atomic mass is 10.1. The standard InChI is InChI=1S/C24H23F3N6O3/c25-24(26,27)23-29-18-3-1-2-4-19(18)33(23)15-20-30-22(36-31-20)21(34)28-13-16-5-7-17(8-6-16)14-32-9-11-35-12-10-32/h1-8H,9-15H2,(H,28,34). The van der Waals surface area contributed by atoms with E-state index >= 15 is 0 Å². The zero-order valence-corrected chi connectivity index (χ0v) is 19.2. The van der Waals surface area contributed by atoms with Gasteiger partial charge in [-0.1, -0.05) is 41.6 Å². The van der Waals surface area contributed by atoms with Crippen molar-refractivity contribution in [3.8, 4) is 0 Å². The van der Waals surface area contributed by atoms with Crippen molar-refractivity contribution in [3.63, 3.8) is 0 Å². The van der Waals surface area contributed by atoms with Crippen LogP contribution in [-0.4, -0.2) is 56.8 Å². The summed E-state index contributed by atoms with van der Waals surface area (Å²) in [5, 5.41) is 6.38. The van der Waals surface area contributed by atoms with Gasteiger partial charge < -0.3 is 19.1 Å². The third-order valence-corrected chi connectivity index (χ3v) is 5.86. The Morgan fingerprint density at radius 2 is 1.69 bits per heavy atom. The monoisotopic (exact) mass is 500 g/mol. The van der Waals surface area contributed by atoms with Crippen molar-refractivity contribution < 1.29 is 27.2 Å². The van der Waals surface area contributed by atoms with Crippen molar-refractivity contribution in [2.75, 3.05) is 26.3 Å². The molecule has 1 amide bonds. The molecule has 2 aromatic heterocycles. The molecule has 36 heavy (non-hydrogen) atoms. The molecule has 1 aliphatic heterocycles. The van der Waals surface area contributed by atoms with Gasteiger partial charge in [-0.2, -0.15) is 18.2 Å². The van der Waals surface area contributed by atoms with Gasteiger partial charge in [0.1, 0.15) is 0 Å². The predicted molar refractivity (Wildman–Crippen MR) is 122 cm³/mol. The van der Waals surface area contributed by atoms with Gasteiger partial charge in [0, 0.05) is 26.2 Å². The Morgan fingerprint density at radius 3 is 2.44 bits per heavy atom. The lowest BCUT2D eigenvalue weighted by molar-refractivity contribution is -0.146. The van der Waals surface area contributed by atoms with Crippen LogP contribution in [0, 0.1) is 0 Å². The number of carbonyl (C=O) groups is 1. The molecule has 12 heteroatoms. The molecule has 1 aliphatic rings. The minimum Gasteiger partial charge on any atom is -0.379 e. The molecule has 188 valence electrons. The molecular weight excluding hydrogens is 477 g/mol. The van der Waals surface area contributed by atoms with E-state index in [1.54, 1.807) is 12.1 Å². The first kappa shape index (κ1) is 23.9. The number of nitrogens with zero attached hydrogens (tertiary/aromatic N) is 5. The van der Waals surface area contributed by atoms with Gasteiger partial charge in [0.15, 0.2) is 5.82 Å². The number of hydrogen-bond acceptors (Lipinski definition) is 7. The smallest absolute Gasteiger partial charge is 0.379 e. The Labute approximate surface area is 203 Å². The van der Waals surface area contributed by atoms with E-state index in [2.05, 4.69) is 25.3 Å². The first-order chi connectivity index (χ1) is 17.4. The maximum Gasteiger partial charge on any atom is 0.449 e. The number of nitrogens with one attached hydrogen (secondary N) is 1. The second kappa shape index (κ2) is 10.1. The molecule has 2 aromatic carbocycles.